The molecule has 0 bridgehead atoms. The summed E-state index contributed by atoms with van der Waals surface area (Å²) >= 11 is 0. The molecule has 10 nitrogen and oxygen atoms in total. The highest BCUT2D eigenvalue weighted by atomic mass is 19.1. The highest BCUT2D eigenvalue weighted by molar-refractivity contribution is 5.95. The van der Waals surface area contributed by atoms with Crippen LogP contribution < -0.4 is 21.3 Å². The highest BCUT2D eigenvalue weighted by Crippen LogP contribution is 2.54. The summed E-state index contributed by atoms with van der Waals surface area (Å²) in [6, 6.07) is 48.0. The maximum absolute atomic E-state index is 14.3. The minimum absolute atomic E-state index is 0.00163. The zero-order valence-corrected chi connectivity index (χ0v) is 41.6. The molecule has 2 aliphatic carbocycles. The number of hydrogen-bond donors (Lipinski definition) is 4. The number of rotatable bonds is 8. The average molecular weight is 995 g/mol. The molecule has 4 heterocycles. The van der Waals surface area contributed by atoms with Crippen molar-refractivity contribution in [3.8, 4) is 0 Å². The molecule has 4 aliphatic heterocycles. The first-order valence-electron chi connectivity index (χ1n) is 26.7. The molecule has 6 aromatic rings. The Labute approximate surface area is 432 Å². The molecule has 2 saturated heterocycles. The number of benzene rings is 6. The van der Waals surface area contributed by atoms with Crippen LogP contribution in [0.3, 0.4) is 0 Å². The molecule has 2 unspecified atom stereocenters. The van der Waals surface area contributed by atoms with Crippen molar-refractivity contribution in [2.75, 3.05) is 23.7 Å². The molecular formula is C62H64F2N6O4. The van der Waals surface area contributed by atoms with Crippen molar-refractivity contribution >= 4 is 35.0 Å². The Balaban J connectivity index is 0.000000159. The molecule has 380 valence electrons. The SMILES string of the molecule is O=C(N[C@@H]1CCCCC1C(=O)N1CC[C@@H]2[C@H](c3ccccc3)Nc3cc(F)ccc3[C@@H]21)c1ccccc1.O=C(N[C@@H]1CCCCC1C(=O)N1CC[C@H]2[C@@H](c3ccccc3)Nc3cc(F)ccc3[C@H]21)c1ccccc1. The number of carbonyl (C=O) groups excluding carboxylic acids is 4. The van der Waals surface area contributed by atoms with E-state index >= 15 is 0 Å². The van der Waals surface area contributed by atoms with Gasteiger partial charge in [0.2, 0.25) is 11.8 Å². The molecule has 12 heteroatoms. The Morgan fingerprint density at radius 1 is 0.446 bits per heavy atom. The minimum atomic E-state index is -0.289. The summed E-state index contributed by atoms with van der Waals surface area (Å²) in [5.41, 5.74) is 6.98. The number of nitrogens with one attached hydrogen (secondary N) is 4. The Hall–Kier alpha value is -7.34. The smallest absolute Gasteiger partial charge is 0.251 e. The van der Waals surface area contributed by atoms with E-state index in [1.54, 1.807) is 36.4 Å². The quantitative estimate of drug-likeness (QED) is 0.120. The van der Waals surface area contributed by atoms with Crippen LogP contribution in [0.5, 0.6) is 0 Å². The van der Waals surface area contributed by atoms with Crippen LogP contribution in [0.15, 0.2) is 158 Å². The molecule has 4 N–H and O–H groups in total. The molecule has 0 radical (unpaired) electrons. The van der Waals surface area contributed by atoms with Crippen molar-refractivity contribution < 1.29 is 28.0 Å². The molecule has 4 amide bonds. The van der Waals surface area contributed by atoms with Gasteiger partial charge in [0.05, 0.1) is 36.0 Å². The van der Waals surface area contributed by atoms with Crippen molar-refractivity contribution in [2.24, 2.45) is 23.7 Å². The molecule has 6 aromatic carbocycles. The summed E-state index contributed by atoms with van der Waals surface area (Å²) in [7, 11) is 0. The van der Waals surface area contributed by atoms with Crippen LogP contribution in [0.4, 0.5) is 20.2 Å². The van der Waals surface area contributed by atoms with Crippen LogP contribution >= 0.6 is 0 Å². The van der Waals surface area contributed by atoms with Gasteiger partial charge in [0, 0.05) is 59.5 Å². The van der Waals surface area contributed by atoms with Crippen LogP contribution in [0.2, 0.25) is 0 Å². The summed E-state index contributed by atoms with van der Waals surface area (Å²) < 4.78 is 28.5. The molecule has 12 rings (SSSR count). The summed E-state index contributed by atoms with van der Waals surface area (Å²) in [6.07, 6.45) is 8.82. The van der Waals surface area contributed by atoms with Crippen molar-refractivity contribution in [1.82, 2.24) is 20.4 Å². The largest absolute Gasteiger partial charge is 0.377 e. The predicted octanol–water partition coefficient (Wildman–Crippen LogP) is 11.7. The second-order valence-corrected chi connectivity index (χ2v) is 21.1. The van der Waals surface area contributed by atoms with Gasteiger partial charge in [-0.05, 0) is 109 Å². The topological polar surface area (TPSA) is 123 Å². The van der Waals surface area contributed by atoms with Gasteiger partial charge in [-0.25, -0.2) is 8.78 Å². The molecule has 0 spiro atoms. The molecule has 4 fully saturated rings. The number of likely N-dealkylation sites (tertiary alicyclic amines) is 2. The minimum Gasteiger partial charge on any atom is -0.377 e. The molecule has 2 saturated carbocycles. The second kappa shape index (κ2) is 21.6. The molecule has 6 aliphatic rings. The number of fused-ring (bicyclic) bond motifs is 6. The van der Waals surface area contributed by atoms with E-state index < -0.39 is 0 Å². The molecule has 10 atom stereocenters. The van der Waals surface area contributed by atoms with Gasteiger partial charge in [-0.3, -0.25) is 19.2 Å². The van der Waals surface area contributed by atoms with E-state index in [1.807, 2.05) is 94.7 Å². The Morgan fingerprint density at radius 2 is 0.811 bits per heavy atom. The van der Waals surface area contributed by atoms with Crippen molar-refractivity contribution in [2.45, 2.75) is 100 Å². The van der Waals surface area contributed by atoms with E-state index in [0.29, 0.717) is 24.2 Å². The molecule has 0 aromatic heterocycles. The normalized spacial score (nSPS) is 26.5. The number of hydrogen-bond acceptors (Lipinski definition) is 6. The Bertz CT molecular complexity index is 2760. The second-order valence-electron chi connectivity index (χ2n) is 21.1. The fraction of sp³-hybridized carbons (Fsp3) is 0.355. The van der Waals surface area contributed by atoms with E-state index in [4.69, 9.17) is 0 Å². The lowest BCUT2D eigenvalue weighted by Crippen LogP contribution is -2.50. The van der Waals surface area contributed by atoms with Gasteiger partial charge in [-0.15, -0.1) is 0 Å². The van der Waals surface area contributed by atoms with E-state index in [-0.39, 0.29) is 95.2 Å². The average Bonchev–Trinajstić information content (AvgIpc) is 4.10. The standard InChI is InChI=1S/2C31H32FN3O2/c2*32-22-15-16-23-27(19-22)33-28(20-9-3-1-4-10-20)25-17-18-35(29(23)25)31(37)24-13-7-8-14-26(24)34-30(36)21-11-5-2-6-12-21/h2*1-6,9-12,15-16,19,24-26,28-29,33H,7-8,13-14,17-18H2,(H,34,36)/t24?,25-,26+,28+,29+;24?,25-,26-,28+,29+/m01/s1. The Morgan fingerprint density at radius 3 is 1.20 bits per heavy atom. The monoisotopic (exact) mass is 994 g/mol. The summed E-state index contributed by atoms with van der Waals surface area (Å²) in [4.78, 5) is 58.3. The van der Waals surface area contributed by atoms with Crippen molar-refractivity contribution in [3.05, 3.63) is 203 Å². The van der Waals surface area contributed by atoms with Crippen LogP contribution in [-0.4, -0.2) is 58.6 Å². The number of amides is 4. The van der Waals surface area contributed by atoms with Gasteiger partial charge in [-0.1, -0.05) is 135 Å². The number of carbonyl (C=O) groups is 4. The fourth-order valence-electron chi connectivity index (χ4n) is 13.3. The predicted molar refractivity (Wildman–Crippen MR) is 283 cm³/mol. The first-order valence-corrected chi connectivity index (χ1v) is 26.7. The van der Waals surface area contributed by atoms with Crippen LogP contribution in [-0.2, 0) is 9.59 Å². The maximum atomic E-state index is 14.3. The van der Waals surface area contributed by atoms with Gasteiger partial charge >= 0.3 is 0 Å². The number of anilines is 2. The summed E-state index contributed by atoms with van der Waals surface area (Å²) in [5.74, 6) is -0.762. The zero-order valence-electron chi connectivity index (χ0n) is 41.6. The Kier molecular flexibility index (Phi) is 14.3. The van der Waals surface area contributed by atoms with Crippen LogP contribution in [0.1, 0.15) is 131 Å². The van der Waals surface area contributed by atoms with Crippen LogP contribution in [0, 0.1) is 35.3 Å². The van der Waals surface area contributed by atoms with Gasteiger partial charge in [-0.2, -0.15) is 0 Å². The lowest BCUT2D eigenvalue weighted by Gasteiger charge is -2.42. The number of nitrogens with zero attached hydrogens (tertiary/aromatic N) is 2. The summed E-state index contributed by atoms with van der Waals surface area (Å²) in [6.45, 7) is 1.32. The van der Waals surface area contributed by atoms with Gasteiger partial charge < -0.3 is 31.1 Å². The third-order valence-electron chi connectivity index (χ3n) is 16.8. The molecule has 74 heavy (non-hydrogen) atoms. The molecular weight excluding hydrogens is 931 g/mol. The first kappa shape index (κ1) is 48.9. The van der Waals surface area contributed by atoms with Crippen molar-refractivity contribution in [1.29, 1.82) is 0 Å². The number of halogens is 2. The van der Waals surface area contributed by atoms with Crippen LogP contribution in [0.25, 0.3) is 0 Å². The first-order chi connectivity index (χ1) is 36.2. The van der Waals surface area contributed by atoms with Gasteiger partial charge in [0.1, 0.15) is 11.6 Å². The lowest BCUT2D eigenvalue weighted by atomic mass is 9.79. The highest BCUT2D eigenvalue weighted by Gasteiger charge is 2.50. The summed E-state index contributed by atoms with van der Waals surface area (Å²) in [5, 5.41) is 13.5. The lowest BCUT2D eigenvalue weighted by molar-refractivity contribution is -0.139. The van der Waals surface area contributed by atoms with Gasteiger partial charge in [0.25, 0.3) is 11.8 Å². The van der Waals surface area contributed by atoms with E-state index in [2.05, 4.69) is 45.5 Å². The zero-order chi connectivity index (χ0) is 50.7. The third kappa shape index (κ3) is 9.90. The third-order valence-corrected chi connectivity index (χ3v) is 16.8. The van der Waals surface area contributed by atoms with E-state index in [9.17, 15) is 28.0 Å². The fourth-order valence-corrected chi connectivity index (χ4v) is 13.3. The van der Waals surface area contributed by atoms with E-state index in [0.717, 1.165) is 97.8 Å². The van der Waals surface area contributed by atoms with Crippen molar-refractivity contribution in [3.63, 3.8) is 0 Å². The van der Waals surface area contributed by atoms with E-state index in [1.165, 1.54) is 12.1 Å². The van der Waals surface area contributed by atoms with Gasteiger partial charge in [0.15, 0.2) is 0 Å². The maximum Gasteiger partial charge on any atom is 0.251 e.